The lowest BCUT2D eigenvalue weighted by molar-refractivity contribution is -0.172. The molecule has 0 bridgehead atoms. The molecule has 0 saturated carbocycles. The summed E-state index contributed by atoms with van der Waals surface area (Å²) in [6.07, 6.45) is -4.27. The van der Waals surface area contributed by atoms with Crippen molar-refractivity contribution in [2.24, 2.45) is 0 Å². The van der Waals surface area contributed by atoms with Gasteiger partial charge in [0.1, 0.15) is 6.61 Å². The van der Waals surface area contributed by atoms with Crippen molar-refractivity contribution < 1.29 is 17.9 Å². The predicted octanol–water partition coefficient (Wildman–Crippen LogP) is 2.57. The molecular weight excluding hydrogens is 233 g/mol. The van der Waals surface area contributed by atoms with Crippen LogP contribution in [0.25, 0.3) is 0 Å². The maximum absolute atomic E-state index is 11.7. The third kappa shape index (κ3) is 6.01. The van der Waals surface area contributed by atoms with Crippen LogP contribution in [0.5, 0.6) is 0 Å². The highest BCUT2D eigenvalue weighted by Gasteiger charge is 2.27. The fraction of sp³-hybridized carbons (Fsp3) is 0.455. The summed E-state index contributed by atoms with van der Waals surface area (Å²) in [5.74, 6) is 0. The number of hydrogen-bond donors (Lipinski definition) is 2. The Balaban J connectivity index is 2.27. The standard InChI is InChI=1S/C11H15F3N2O/c1-8-4-9(15)6-10(5-8)16-2-3-17-7-11(12,13)14/h4-6,16H,2-3,7,15H2,1H3. The number of anilines is 2. The number of ether oxygens (including phenoxy) is 1. The molecule has 1 aromatic carbocycles. The quantitative estimate of drug-likeness (QED) is 0.622. The second-order valence-electron chi connectivity index (χ2n) is 3.73. The predicted molar refractivity (Wildman–Crippen MR) is 61.0 cm³/mol. The molecular formula is C11H15F3N2O. The van der Waals surface area contributed by atoms with E-state index in [1.807, 2.05) is 19.1 Å². The van der Waals surface area contributed by atoms with Crippen molar-refractivity contribution in [3.8, 4) is 0 Å². The van der Waals surface area contributed by atoms with E-state index in [1.54, 1.807) is 6.07 Å². The largest absolute Gasteiger partial charge is 0.411 e. The molecule has 0 spiro atoms. The van der Waals surface area contributed by atoms with E-state index >= 15 is 0 Å². The van der Waals surface area contributed by atoms with Gasteiger partial charge in [-0.25, -0.2) is 0 Å². The van der Waals surface area contributed by atoms with E-state index in [0.29, 0.717) is 12.2 Å². The van der Waals surface area contributed by atoms with Crippen molar-refractivity contribution in [2.75, 3.05) is 30.8 Å². The molecule has 6 heteroatoms. The van der Waals surface area contributed by atoms with Crippen LogP contribution in [-0.2, 0) is 4.74 Å². The lowest BCUT2D eigenvalue weighted by Crippen LogP contribution is -2.20. The summed E-state index contributed by atoms with van der Waals surface area (Å²) in [5, 5.41) is 2.94. The van der Waals surface area contributed by atoms with Gasteiger partial charge in [0.05, 0.1) is 6.61 Å². The van der Waals surface area contributed by atoms with E-state index < -0.39 is 12.8 Å². The van der Waals surface area contributed by atoms with E-state index in [1.165, 1.54) is 0 Å². The maximum atomic E-state index is 11.7. The summed E-state index contributed by atoms with van der Waals surface area (Å²) in [5.41, 5.74) is 8.01. The summed E-state index contributed by atoms with van der Waals surface area (Å²) in [6, 6.07) is 5.39. The van der Waals surface area contributed by atoms with Crippen molar-refractivity contribution in [2.45, 2.75) is 13.1 Å². The lowest BCUT2D eigenvalue weighted by Gasteiger charge is -2.10. The molecule has 0 saturated heterocycles. The van der Waals surface area contributed by atoms with Gasteiger partial charge in [-0.3, -0.25) is 0 Å². The summed E-state index contributed by atoms with van der Waals surface area (Å²) in [7, 11) is 0. The van der Waals surface area contributed by atoms with Gasteiger partial charge in [0.2, 0.25) is 0 Å². The molecule has 0 aromatic heterocycles. The number of alkyl halides is 3. The van der Waals surface area contributed by atoms with Crippen LogP contribution in [0.4, 0.5) is 24.5 Å². The molecule has 0 radical (unpaired) electrons. The highest BCUT2D eigenvalue weighted by Crippen LogP contribution is 2.16. The Labute approximate surface area is 97.8 Å². The summed E-state index contributed by atoms with van der Waals surface area (Å²) < 4.78 is 39.7. The van der Waals surface area contributed by atoms with Gasteiger partial charge in [0.15, 0.2) is 0 Å². The van der Waals surface area contributed by atoms with Crippen molar-refractivity contribution in [3.05, 3.63) is 23.8 Å². The molecule has 3 N–H and O–H groups in total. The van der Waals surface area contributed by atoms with E-state index in [-0.39, 0.29) is 6.61 Å². The van der Waals surface area contributed by atoms with Gasteiger partial charge in [-0.15, -0.1) is 0 Å². The Bertz CT molecular complexity index is 346. The van der Waals surface area contributed by atoms with Crippen molar-refractivity contribution >= 4 is 11.4 Å². The van der Waals surface area contributed by atoms with Crippen molar-refractivity contribution in [3.63, 3.8) is 0 Å². The normalized spacial score (nSPS) is 11.5. The van der Waals surface area contributed by atoms with Crippen LogP contribution in [0.15, 0.2) is 18.2 Å². The zero-order valence-corrected chi connectivity index (χ0v) is 9.47. The molecule has 1 rings (SSSR count). The molecule has 0 unspecified atom stereocenters. The molecule has 17 heavy (non-hydrogen) atoms. The Morgan fingerprint density at radius 3 is 2.59 bits per heavy atom. The second-order valence-corrected chi connectivity index (χ2v) is 3.73. The summed E-state index contributed by atoms with van der Waals surface area (Å²) >= 11 is 0. The van der Waals surface area contributed by atoms with E-state index in [0.717, 1.165) is 11.3 Å². The Morgan fingerprint density at radius 2 is 2.00 bits per heavy atom. The topological polar surface area (TPSA) is 47.3 Å². The van der Waals surface area contributed by atoms with Gasteiger partial charge in [0, 0.05) is 17.9 Å². The fourth-order valence-corrected chi connectivity index (χ4v) is 1.37. The van der Waals surface area contributed by atoms with Gasteiger partial charge in [-0.05, 0) is 30.7 Å². The molecule has 0 atom stereocenters. The number of nitrogens with one attached hydrogen (secondary N) is 1. The number of nitrogens with two attached hydrogens (primary N) is 1. The fourth-order valence-electron chi connectivity index (χ4n) is 1.37. The summed E-state index contributed by atoms with van der Waals surface area (Å²) in [6.45, 7) is 0.971. The molecule has 0 aliphatic rings. The first-order valence-corrected chi connectivity index (χ1v) is 5.12. The molecule has 0 heterocycles. The van der Waals surface area contributed by atoms with Crippen LogP contribution in [0.3, 0.4) is 0 Å². The van der Waals surface area contributed by atoms with Gasteiger partial charge >= 0.3 is 6.18 Å². The lowest BCUT2D eigenvalue weighted by atomic mass is 10.2. The van der Waals surface area contributed by atoms with Crippen LogP contribution in [-0.4, -0.2) is 25.9 Å². The van der Waals surface area contributed by atoms with Crippen LogP contribution in [0.2, 0.25) is 0 Å². The zero-order valence-electron chi connectivity index (χ0n) is 9.47. The first-order valence-electron chi connectivity index (χ1n) is 5.12. The summed E-state index contributed by atoms with van der Waals surface area (Å²) in [4.78, 5) is 0. The van der Waals surface area contributed by atoms with Crippen LogP contribution >= 0.6 is 0 Å². The minimum absolute atomic E-state index is 0.00659. The SMILES string of the molecule is Cc1cc(N)cc(NCCOCC(F)(F)F)c1. The number of nitrogen functional groups attached to an aromatic ring is 1. The molecule has 1 aromatic rings. The van der Waals surface area contributed by atoms with Gasteiger partial charge in [-0.2, -0.15) is 13.2 Å². The van der Waals surface area contributed by atoms with E-state index in [2.05, 4.69) is 10.1 Å². The minimum Gasteiger partial charge on any atom is -0.399 e. The number of hydrogen-bond acceptors (Lipinski definition) is 3. The minimum atomic E-state index is -4.27. The number of benzene rings is 1. The third-order valence-corrected chi connectivity index (χ3v) is 1.94. The van der Waals surface area contributed by atoms with E-state index in [4.69, 9.17) is 5.73 Å². The van der Waals surface area contributed by atoms with Crippen LogP contribution in [0, 0.1) is 6.92 Å². The average molecular weight is 248 g/mol. The third-order valence-electron chi connectivity index (χ3n) is 1.94. The van der Waals surface area contributed by atoms with Crippen LogP contribution in [0.1, 0.15) is 5.56 Å². The highest BCUT2D eigenvalue weighted by atomic mass is 19.4. The first kappa shape index (κ1) is 13.6. The van der Waals surface area contributed by atoms with Crippen LogP contribution < -0.4 is 11.1 Å². The molecule has 0 aliphatic heterocycles. The number of rotatable bonds is 5. The number of halogens is 3. The Hall–Kier alpha value is -1.43. The highest BCUT2D eigenvalue weighted by molar-refractivity contribution is 5.56. The van der Waals surface area contributed by atoms with Crippen molar-refractivity contribution in [1.29, 1.82) is 0 Å². The Morgan fingerprint density at radius 1 is 1.29 bits per heavy atom. The molecule has 3 nitrogen and oxygen atoms in total. The van der Waals surface area contributed by atoms with E-state index in [9.17, 15) is 13.2 Å². The smallest absolute Gasteiger partial charge is 0.399 e. The zero-order chi connectivity index (χ0) is 12.9. The Kier molecular flexibility index (Phi) is 4.62. The number of aryl methyl sites for hydroxylation is 1. The van der Waals surface area contributed by atoms with Crippen molar-refractivity contribution in [1.82, 2.24) is 0 Å². The maximum Gasteiger partial charge on any atom is 0.411 e. The van der Waals surface area contributed by atoms with Gasteiger partial charge in [-0.1, -0.05) is 0 Å². The average Bonchev–Trinajstić information content (AvgIpc) is 2.13. The molecule has 0 fully saturated rings. The van der Waals surface area contributed by atoms with Gasteiger partial charge < -0.3 is 15.8 Å². The second kappa shape index (κ2) is 5.77. The molecule has 96 valence electrons. The monoisotopic (exact) mass is 248 g/mol. The molecule has 0 aliphatic carbocycles. The first-order chi connectivity index (χ1) is 7.87. The molecule has 0 amide bonds. The van der Waals surface area contributed by atoms with Gasteiger partial charge in [0.25, 0.3) is 0 Å².